The van der Waals surface area contributed by atoms with Crippen molar-refractivity contribution >= 4 is 34.5 Å². The lowest BCUT2D eigenvalue weighted by molar-refractivity contribution is 0.0950. The van der Waals surface area contributed by atoms with E-state index in [1.807, 2.05) is 12.1 Å². The van der Waals surface area contributed by atoms with Crippen LogP contribution in [0.4, 0.5) is 0 Å². The van der Waals surface area contributed by atoms with E-state index in [0.717, 1.165) is 28.3 Å². The Morgan fingerprint density at radius 3 is 2.83 bits per heavy atom. The molecule has 18 heavy (non-hydrogen) atoms. The largest absolute Gasteiger partial charge is 0.352 e. The van der Waals surface area contributed by atoms with E-state index < -0.39 is 0 Å². The van der Waals surface area contributed by atoms with Crippen LogP contribution in [-0.2, 0) is 0 Å². The van der Waals surface area contributed by atoms with Crippen LogP contribution in [0.3, 0.4) is 0 Å². The number of amides is 1. The molecule has 1 fully saturated rings. The van der Waals surface area contributed by atoms with Gasteiger partial charge in [-0.25, -0.2) is 0 Å². The van der Waals surface area contributed by atoms with Gasteiger partial charge in [0.05, 0.1) is 5.56 Å². The fraction of sp³-hybridized carbons (Fsp3) is 0.500. The van der Waals surface area contributed by atoms with Crippen LogP contribution < -0.4 is 5.32 Å². The summed E-state index contributed by atoms with van der Waals surface area (Å²) in [5.74, 6) is 0.792. The van der Waals surface area contributed by atoms with Gasteiger partial charge in [-0.15, -0.1) is 12.6 Å². The number of thiol groups is 1. The molecule has 0 unspecified atom stereocenters. The lowest BCUT2D eigenvalue weighted by atomic mass is 10.0. The third-order valence-electron chi connectivity index (χ3n) is 3.51. The normalized spacial score (nSPS) is 15.9. The minimum atomic E-state index is -0.0178. The van der Waals surface area contributed by atoms with Crippen molar-refractivity contribution in [3.8, 4) is 0 Å². The molecule has 1 aliphatic rings. The van der Waals surface area contributed by atoms with Gasteiger partial charge in [0.1, 0.15) is 0 Å². The molecule has 1 aliphatic carbocycles. The molecular weight excluding hydrogens is 310 g/mol. The molecule has 2 rings (SSSR count). The third-order valence-corrected chi connectivity index (χ3v) is 4.48. The second kappa shape index (κ2) is 6.62. The molecule has 0 spiro atoms. The molecule has 2 nitrogen and oxygen atoms in total. The maximum absolute atomic E-state index is 12.0. The van der Waals surface area contributed by atoms with Crippen LogP contribution >= 0.6 is 28.6 Å². The summed E-state index contributed by atoms with van der Waals surface area (Å²) in [6, 6.07) is 5.51. The van der Waals surface area contributed by atoms with Crippen molar-refractivity contribution in [2.24, 2.45) is 5.92 Å². The molecule has 1 saturated carbocycles. The van der Waals surface area contributed by atoms with Gasteiger partial charge in [-0.2, -0.15) is 0 Å². The molecule has 0 radical (unpaired) electrons. The zero-order chi connectivity index (χ0) is 13.0. The molecule has 0 aromatic heterocycles. The maximum Gasteiger partial charge on any atom is 0.252 e. The summed E-state index contributed by atoms with van der Waals surface area (Å²) >= 11 is 7.65. The van der Waals surface area contributed by atoms with Crippen LogP contribution in [0, 0.1) is 5.92 Å². The number of carbonyl (C=O) groups is 1. The highest BCUT2D eigenvalue weighted by Crippen LogP contribution is 2.27. The fourth-order valence-corrected chi connectivity index (χ4v) is 3.10. The SMILES string of the molecule is O=C(NCCC1CCCC1)c1cc(S)ccc1Br. The van der Waals surface area contributed by atoms with Crippen molar-refractivity contribution < 1.29 is 4.79 Å². The van der Waals surface area contributed by atoms with E-state index in [1.165, 1.54) is 25.7 Å². The Bertz CT molecular complexity index is 430. The summed E-state index contributed by atoms with van der Waals surface area (Å²) in [7, 11) is 0. The first-order chi connectivity index (χ1) is 8.66. The molecule has 0 bridgehead atoms. The zero-order valence-corrected chi connectivity index (χ0v) is 12.8. The van der Waals surface area contributed by atoms with Gasteiger partial charge in [0.25, 0.3) is 5.91 Å². The summed E-state index contributed by atoms with van der Waals surface area (Å²) in [5.41, 5.74) is 0.661. The molecule has 0 heterocycles. The Morgan fingerprint density at radius 2 is 2.11 bits per heavy atom. The van der Waals surface area contributed by atoms with Crippen LogP contribution in [0.25, 0.3) is 0 Å². The number of benzene rings is 1. The molecule has 1 aromatic carbocycles. The standard InChI is InChI=1S/C14H18BrNOS/c15-13-6-5-11(18)9-12(13)14(17)16-8-7-10-3-1-2-4-10/h5-6,9-10,18H,1-4,7-8H2,(H,16,17). The van der Waals surface area contributed by atoms with Crippen LogP contribution in [0.1, 0.15) is 42.5 Å². The first-order valence-electron chi connectivity index (χ1n) is 6.43. The Morgan fingerprint density at radius 1 is 1.39 bits per heavy atom. The van der Waals surface area contributed by atoms with Crippen molar-refractivity contribution in [2.45, 2.75) is 37.0 Å². The first-order valence-corrected chi connectivity index (χ1v) is 7.67. The van der Waals surface area contributed by atoms with Crippen molar-refractivity contribution in [1.29, 1.82) is 0 Å². The highest BCUT2D eigenvalue weighted by molar-refractivity contribution is 9.10. The van der Waals surface area contributed by atoms with E-state index in [9.17, 15) is 4.79 Å². The smallest absolute Gasteiger partial charge is 0.252 e. The highest BCUT2D eigenvalue weighted by Gasteiger charge is 2.15. The summed E-state index contributed by atoms with van der Waals surface area (Å²) in [4.78, 5) is 12.8. The minimum Gasteiger partial charge on any atom is -0.352 e. The molecule has 0 atom stereocenters. The third kappa shape index (κ3) is 3.75. The van der Waals surface area contributed by atoms with Crippen LogP contribution in [0.5, 0.6) is 0 Å². The van der Waals surface area contributed by atoms with Crippen LogP contribution in [0.2, 0.25) is 0 Å². The second-order valence-electron chi connectivity index (χ2n) is 4.86. The van der Waals surface area contributed by atoms with Gasteiger partial charge in [-0.3, -0.25) is 4.79 Å². The molecule has 98 valence electrons. The predicted octanol–water partition coefficient (Wildman–Crippen LogP) is 4.05. The molecule has 0 aliphatic heterocycles. The Labute approximate surface area is 122 Å². The van der Waals surface area contributed by atoms with Gasteiger partial charge in [-0.05, 0) is 46.5 Å². The Kier molecular flexibility index (Phi) is 5.13. The summed E-state index contributed by atoms with van der Waals surface area (Å²) in [5, 5.41) is 2.99. The second-order valence-corrected chi connectivity index (χ2v) is 6.23. The quantitative estimate of drug-likeness (QED) is 0.802. The number of carbonyl (C=O) groups excluding carboxylic acids is 1. The van der Waals surface area contributed by atoms with E-state index in [-0.39, 0.29) is 5.91 Å². The van der Waals surface area contributed by atoms with E-state index in [4.69, 9.17) is 0 Å². The van der Waals surface area contributed by atoms with Crippen molar-refractivity contribution in [3.63, 3.8) is 0 Å². The van der Waals surface area contributed by atoms with Crippen molar-refractivity contribution in [2.75, 3.05) is 6.54 Å². The van der Waals surface area contributed by atoms with Gasteiger partial charge in [0.15, 0.2) is 0 Å². The number of rotatable bonds is 4. The molecule has 0 saturated heterocycles. The van der Waals surface area contributed by atoms with Crippen molar-refractivity contribution in [3.05, 3.63) is 28.2 Å². The highest BCUT2D eigenvalue weighted by atomic mass is 79.9. The van der Waals surface area contributed by atoms with E-state index in [2.05, 4.69) is 33.9 Å². The lowest BCUT2D eigenvalue weighted by Gasteiger charge is -2.11. The van der Waals surface area contributed by atoms with Crippen LogP contribution in [0.15, 0.2) is 27.6 Å². The van der Waals surface area contributed by atoms with Gasteiger partial charge >= 0.3 is 0 Å². The minimum absolute atomic E-state index is 0.0178. The number of halogens is 1. The first kappa shape index (κ1) is 13.9. The monoisotopic (exact) mass is 327 g/mol. The summed E-state index contributed by atoms with van der Waals surface area (Å²) < 4.78 is 0.818. The number of nitrogens with one attached hydrogen (secondary N) is 1. The Balaban J connectivity index is 1.85. The summed E-state index contributed by atoms with van der Waals surface area (Å²) in [6.45, 7) is 0.771. The maximum atomic E-state index is 12.0. The molecule has 1 N–H and O–H groups in total. The topological polar surface area (TPSA) is 29.1 Å². The molecule has 1 amide bonds. The zero-order valence-electron chi connectivity index (χ0n) is 10.3. The lowest BCUT2D eigenvalue weighted by Crippen LogP contribution is -2.26. The molecular formula is C14H18BrNOS. The van der Waals surface area contributed by atoms with Crippen molar-refractivity contribution in [1.82, 2.24) is 5.32 Å². The van der Waals surface area contributed by atoms with Gasteiger partial charge in [-0.1, -0.05) is 25.7 Å². The van der Waals surface area contributed by atoms with Gasteiger partial charge in [0, 0.05) is 15.9 Å². The van der Waals surface area contributed by atoms with Gasteiger partial charge in [0.2, 0.25) is 0 Å². The molecule has 4 heteroatoms. The van der Waals surface area contributed by atoms with E-state index in [0.29, 0.717) is 5.56 Å². The number of hydrogen-bond donors (Lipinski definition) is 2. The van der Waals surface area contributed by atoms with Crippen LogP contribution in [-0.4, -0.2) is 12.5 Å². The average Bonchev–Trinajstić information content (AvgIpc) is 2.85. The molecule has 1 aromatic rings. The predicted molar refractivity (Wildman–Crippen MR) is 80.3 cm³/mol. The van der Waals surface area contributed by atoms with E-state index in [1.54, 1.807) is 6.07 Å². The Hall–Kier alpha value is -0.480. The van der Waals surface area contributed by atoms with E-state index >= 15 is 0 Å². The summed E-state index contributed by atoms with van der Waals surface area (Å²) in [6.07, 6.45) is 6.46. The fourth-order valence-electron chi connectivity index (χ4n) is 2.47. The van der Waals surface area contributed by atoms with Gasteiger partial charge < -0.3 is 5.32 Å². The average molecular weight is 328 g/mol. The number of hydrogen-bond acceptors (Lipinski definition) is 2.